The third kappa shape index (κ3) is 3.81. The van der Waals surface area contributed by atoms with Crippen molar-refractivity contribution in [1.82, 2.24) is 5.32 Å². The number of amides is 1. The van der Waals surface area contributed by atoms with Gasteiger partial charge in [-0.1, -0.05) is 0 Å². The molecule has 1 amide bonds. The van der Waals surface area contributed by atoms with Gasteiger partial charge in [-0.15, -0.1) is 0 Å². The van der Waals surface area contributed by atoms with Gasteiger partial charge in [0.25, 0.3) is 0 Å². The van der Waals surface area contributed by atoms with Crippen LogP contribution in [0.3, 0.4) is 0 Å². The third-order valence-corrected chi connectivity index (χ3v) is 2.01. The molecule has 1 aromatic rings. The second kappa shape index (κ2) is 5.80. The van der Waals surface area contributed by atoms with Crippen molar-refractivity contribution in [1.29, 1.82) is 0 Å². The molecule has 0 heterocycles. The van der Waals surface area contributed by atoms with Crippen LogP contribution in [0, 0.1) is 0 Å². The molecule has 4 nitrogen and oxygen atoms in total. The predicted octanol–water partition coefficient (Wildman–Crippen LogP) is 1.05. The van der Waals surface area contributed by atoms with E-state index in [0.29, 0.717) is 18.5 Å². The molecule has 0 spiro atoms. The van der Waals surface area contributed by atoms with E-state index in [4.69, 9.17) is 0 Å². The molecule has 1 aromatic carbocycles. The van der Waals surface area contributed by atoms with Gasteiger partial charge in [-0.25, -0.2) is 0 Å². The average molecular weight is 206 g/mol. The van der Waals surface area contributed by atoms with Crippen molar-refractivity contribution in [3.05, 3.63) is 29.8 Å². The van der Waals surface area contributed by atoms with Crippen LogP contribution < -0.4 is 10.6 Å². The number of carbonyl (C=O) groups is 2. The van der Waals surface area contributed by atoms with Gasteiger partial charge in [0.15, 0.2) is 0 Å². The van der Waals surface area contributed by atoms with Gasteiger partial charge >= 0.3 is 0 Å². The molecule has 0 radical (unpaired) electrons. The van der Waals surface area contributed by atoms with Crippen LogP contribution in [0.2, 0.25) is 0 Å². The van der Waals surface area contributed by atoms with E-state index in [9.17, 15) is 9.59 Å². The zero-order valence-corrected chi connectivity index (χ0v) is 8.62. The molecule has 0 aliphatic rings. The molecule has 4 heteroatoms. The van der Waals surface area contributed by atoms with Crippen molar-refractivity contribution in [3.63, 3.8) is 0 Å². The average Bonchev–Trinajstić information content (AvgIpc) is 2.29. The molecule has 0 aliphatic carbocycles. The molecule has 0 aromatic heterocycles. The smallest absolute Gasteiger partial charge is 0.221 e. The van der Waals surface area contributed by atoms with E-state index in [1.54, 1.807) is 19.2 Å². The highest BCUT2D eigenvalue weighted by atomic mass is 16.1. The first-order chi connectivity index (χ1) is 7.26. The summed E-state index contributed by atoms with van der Waals surface area (Å²) < 4.78 is 0. The normalized spacial score (nSPS) is 9.40. The van der Waals surface area contributed by atoms with Crippen LogP contribution >= 0.6 is 0 Å². The Kier molecular flexibility index (Phi) is 4.34. The molecule has 0 saturated heterocycles. The van der Waals surface area contributed by atoms with Crippen molar-refractivity contribution < 1.29 is 9.59 Å². The molecule has 0 unspecified atom stereocenters. The maximum atomic E-state index is 10.9. The first-order valence-electron chi connectivity index (χ1n) is 4.76. The summed E-state index contributed by atoms with van der Waals surface area (Å²) in [6.07, 6.45) is 1.24. The van der Waals surface area contributed by atoms with Gasteiger partial charge in [-0.05, 0) is 24.3 Å². The maximum Gasteiger partial charge on any atom is 0.221 e. The number of aldehydes is 1. The van der Waals surface area contributed by atoms with Gasteiger partial charge < -0.3 is 10.6 Å². The minimum Gasteiger partial charge on any atom is -0.385 e. The fraction of sp³-hybridized carbons (Fsp3) is 0.273. The lowest BCUT2D eigenvalue weighted by Gasteiger charge is -2.05. The fourth-order valence-electron chi connectivity index (χ4n) is 1.12. The zero-order chi connectivity index (χ0) is 11.1. The van der Waals surface area contributed by atoms with E-state index < -0.39 is 0 Å². The highest BCUT2D eigenvalue weighted by molar-refractivity contribution is 5.76. The molecule has 0 bridgehead atoms. The lowest BCUT2D eigenvalue weighted by atomic mass is 10.2. The van der Waals surface area contributed by atoms with Gasteiger partial charge in [-0.3, -0.25) is 9.59 Å². The SMILES string of the molecule is CNC(=O)CCNc1ccc(C=O)cc1. The topological polar surface area (TPSA) is 58.2 Å². The molecular weight excluding hydrogens is 192 g/mol. The molecule has 0 fully saturated rings. The number of benzene rings is 1. The maximum absolute atomic E-state index is 10.9. The van der Waals surface area contributed by atoms with E-state index in [0.717, 1.165) is 12.0 Å². The van der Waals surface area contributed by atoms with Gasteiger partial charge in [-0.2, -0.15) is 0 Å². The quantitative estimate of drug-likeness (QED) is 0.708. The van der Waals surface area contributed by atoms with Gasteiger partial charge in [0.2, 0.25) is 5.91 Å². The minimum atomic E-state index is 0.00649. The van der Waals surface area contributed by atoms with Crippen molar-refractivity contribution >= 4 is 17.9 Å². The second-order valence-corrected chi connectivity index (χ2v) is 3.09. The van der Waals surface area contributed by atoms with Crippen LogP contribution in [0.1, 0.15) is 16.8 Å². The van der Waals surface area contributed by atoms with E-state index in [-0.39, 0.29) is 5.91 Å². The predicted molar refractivity (Wildman–Crippen MR) is 59.0 cm³/mol. The first-order valence-corrected chi connectivity index (χ1v) is 4.76. The Morgan fingerprint density at radius 1 is 1.33 bits per heavy atom. The van der Waals surface area contributed by atoms with E-state index in [2.05, 4.69) is 10.6 Å². The summed E-state index contributed by atoms with van der Waals surface area (Å²) >= 11 is 0. The minimum absolute atomic E-state index is 0.00649. The molecule has 0 atom stereocenters. The summed E-state index contributed by atoms with van der Waals surface area (Å²) in [6.45, 7) is 0.583. The Balaban J connectivity index is 2.37. The van der Waals surface area contributed by atoms with Crippen LogP contribution in [0.4, 0.5) is 5.69 Å². The Bertz CT molecular complexity index is 333. The number of hydrogen-bond acceptors (Lipinski definition) is 3. The van der Waals surface area contributed by atoms with Crippen LogP contribution in [-0.2, 0) is 4.79 Å². The van der Waals surface area contributed by atoms with E-state index in [1.807, 2.05) is 12.1 Å². The lowest BCUT2D eigenvalue weighted by molar-refractivity contribution is -0.120. The van der Waals surface area contributed by atoms with Crippen LogP contribution in [0.15, 0.2) is 24.3 Å². The monoisotopic (exact) mass is 206 g/mol. The number of nitrogens with one attached hydrogen (secondary N) is 2. The molecule has 1 rings (SSSR count). The van der Waals surface area contributed by atoms with Crippen molar-refractivity contribution in [2.24, 2.45) is 0 Å². The third-order valence-electron chi connectivity index (χ3n) is 2.01. The van der Waals surface area contributed by atoms with Crippen LogP contribution in [0.25, 0.3) is 0 Å². The first kappa shape index (κ1) is 11.2. The van der Waals surface area contributed by atoms with Crippen molar-refractivity contribution in [2.45, 2.75) is 6.42 Å². The summed E-state index contributed by atoms with van der Waals surface area (Å²) in [5, 5.41) is 5.63. The zero-order valence-electron chi connectivity index (χ0n) is 8.62. The highest BCUT2D eigenvalue weighted by Gasteiger charge is 1.97. The molecule has 2 N–H and O–H groups in total. The highest BCUT2D eigenvalue weighted by Crippen LogP contribution is 2.07. The number of carbonyl (C=O) groups excluding carboxylic acids is 2. The summed E-state index contributed by atoms with van der Waals surface area (Å²) in [7, 11) is 1.61. The number of hydrogen-bond donors (Lipinski definition) is 2. The largest absolute Gasteiger partial charge is 0.385 e. The second-order valence-electron chi connectivity index (χ2n) is 3.09. The van der Waals surface area contributed by atoms with E-state index in [1.165, 1.54) is 0 Å². The van der Waals surface area contributed by atoms with Gasteiger partial charge in [0.1, 0.15) is 6.29 Å². The summed E-state index contributed by atoms with van der Waals surface area (Å²) in [5.74, 6) is 0.00649. The molecule has 80 valence electrons. The van der Waals surface area contributed by atoms with Crippen LogP contribution in [-0.4, -0.2) is 25.8 Å². The molecular formula is C11H14N2O2. The Morgan fingerprint density at radius 3 is 2.53 bits per heavy atom. The van der Waals surface area contributed by atoms with Crippen molar-refractivity contribution in [3.8, 4) is 0 Å². The fourth-order valence-corrected chi connectivity index (χ4v) is 1.12. The standard InChI is InChI=1S/C11H14N2O2/c1-12-11(15)6-7-13-10-4-2-9(8-14)3-5-10/h2-5,8,13H,6-7H2,1H3,(H,12,15). The summed E-state index contributed by atoms with van der Waals surface area (Å²) in [5.41, 5.74) is 1.55. The summed E-state index contributed by atoms with van der Waals surface area (Å²) in [6, 6.07) is 7.09. The van der Waals surface area contributed by atoms with Gasteiger partial charge in [0, 0.05) is 31.3 Å². The Morgan fingerprint density at radius 2 is 2.00 bits per heavy atom. The number of rotatable bonds is 5. The number of anilines is 1. The Labute approximate surface area is 88.7 Å². The summed E-state index contributed by atoms with van der Waals surface area (Å²) in [4.78, 5) is 21.3. The lowest BCUT2D eigenvalue weighted by Crippen LogP contribution is -2.20. The van der Waals surface area contributed by atoms with Crippen molar-refractivity contribution in [2.75, 3.05) is 18.9 Å². The van der Waals surface area contributed by atoms with E-state index >= 15 is 0 Å². The Hall–Kier alpha value is -1.84. The molecule has 0 aliphatic heterocycles. The van der Waals surface area contributed by atoms with Crippen LogP contribution in [0.5, 0.6) is 0 Å². The molecule has 15 heavy (non-hydrogen) atoms. The molecule has 0 saturated carbocycles. The van der Waals surface area contributed by atoms with Gasteiger partial charge in [0.05, 0.1) is 0 Å².